The van der Waals surface area contributed by atoms with Crippen molar-refractivity contribution in [1.82, 2.24) is 14.7 Å². The zero-order chi connectivity index (χ0) is 22.8. The SMILES string of the molecule is CC(=O)C1CCCN(C(=O)CC2(c3ccccc3Cl)CC(=O)N(CCN(C)C)C2=O)C1. The highest BCUT2D eigenvalue weighted by Gasteiger charge is 2.54. The smallest absolute Gasteiger partial charge is 0.240 e. The molecule has 2 unspecified atom stereocenters. The molecule has 0 aromatic heterocycles. The van der Waals surface area contributed by atoms with Crippen molar-refractivity contribution in [3.05, 3.63) is 34.9 Å². The first kappa shape index (κ1) is 23.4. The van der Waals surface area contributed by atoms with Gasteiger partial charge in [0.05, 0.1) is 5.41 Å². The van der Waals surface area contributed by atoms with Gasteiger partial charge in [0.25, 0.3) is 0 Å². The molecular weight excluding hydrogens is 418 g/mol. The van der Waals surface area contributed by atoms with E-state index in [2.05, 4.69) is 0 Å². The molecule has 2 heterocycles. The van der Waals surface area contributed by atoms with Crippen molar-refractivity contribution in [2.24, 2.45) is 5.92 Å². The average molecular weight is 448 g/mol. The molecule has 0 saturated carbocycles. The van der Waals surface area contributed by atoms with Crippen LogP contribution in [0.3, 0.4) is 0 Å². The van der Waals surface area contributed by atoms with Gasteiger partial charge in [0.1, 0.15) is 5.78 Å². The van der Waals surface area contributed by atoms with Crippen LogP contribution in [-0.2, 0) is 24.6 Å². The Bertz CT molecular complexity index is 887. The summed E-state index contributed by atoms with van der Waals surface area (Å²) in [5.74, 6) is -0.992. The fourth-order valence-electron chi connectivity index (χ4n) is 4.53. The second-order valence-electron chi connectivity index (χ2n) is 8.86. The van der Waals surface area contributed by atoms with Gasteiger partial charge in [-0.3, -0.25) is 24.1 Å². The number of hydrogen-bond donors (Lipinski definition) is 0. The van der Waals surface area contributed by atoms with E-state index >= 15 is 0 Å². The Morgan fingerprint density at radius 1 is 1.23 bits per heavy atom. The van der Waals surface area contributed by atoms with Gasteiger partial charge in [0.15, 0.2) is 0 Å². The third kappa shape index (κ3) is 4.83. The van der Waals surface area contributed by atoms with Gasteiger partial charge in [0, 0.05) is 50.0 Å². The predicted octanol–water partition coefficient (Wildman–Crippen LogP) is 2.12. The molecule has 2 atom stereocenters. The molecule has 31 heavy (non-hydrogen) atoms. The van der Waals surface area contributed by atoms with Crippen LogP contribution in [0.2, 0.25) is 5.02 Å². The second-order valence-corrected chi connectivity index (χ2v) is 9.27. The molecule has 0 spiro atoms. The molecule has 0 aliphatic carbocycles. The highest BCUT2D eigenvalue weighted by molar-refractivity contribution is 6.32. The quantitative estimate of drug-likeness (QED) is 0.598. The van der Waals surface area contributed by atoms with Crippen LogP contribution in [0.5, 0.6) is 0 Å². The van der Waals surface area contributed by atoms with Gasteiger partial charge >= 0.3 is 0 Å². The van der Waals surface area contributed by atoms with E-state index in [4.69, 9.17) is 11.6 Å². The maximum Gasteiger partial charge on any atom is 0.240 e. The highest BCUT2D eigenvalue weighted by atomic mass is 35.5. The number of likely N-dealkylation sites (tertiary alicyclic amines) is 2. The summed E-state index contributed by atoms with van der Waals surface area (Å²) in [5, 5.41) is 0.367. The number of imide groups is 1. The molecule has 3 rings (SSSR count). The molecule has 3 amide bonds. The number of carbonyl (C=O) groups is 4. The molecule has 8 heteroatoms. The van der Waals surface area contributed by atoms with Crippen molar-refractivity contribution >= 4 is 35.1 Å². The maximum absolute atomic E-state index is 13.6. The van der Waals surface area contributed by atoms with E-state index in [1.54, 1.807) is 36.1 Å². The number of Topliss-reactive ketones (excluding diaryl/α,β-unsaturated/α-hetero) is 1. The topological polar surface area (TPSA) is 78.0 Å². The highest BCUT2D eigenvalue weighted by Crippen LogP contribution is 2.43. The van der Waals surface area contributed by atoms with Crippen LogP contribution in [0.4, 0.5) is 0 Å². The Kier molecular flexibility index (Phi) is 7.17. The number of nitrogens with zero attached hydrogens (tertiary/aromatic N) is 3. The Morgan fingerprint density at radius 3 is 2.58 bits per heavy atom. The Hall–Kier alpha value is -2.25. The van der Waals surface area contributed by atoms with Crippen LogP contribution in [-0.4, -0.2) is 78.5 Å². The molecule has 0 bridgehead atoms. The third-order valence-electron chi connectivity index (χ3n) is 6.37. The van der Waals surface area contributed by atoms with E-state index in [1.807, 2.05) is 19.0 Å². The Morgan fingerprint density at radius 2 is 1.94 bits per heavy atom. The monoisotopic (exact) mass is 447 g/mol. The summed E-state index contributed by atoms with van der Waals surface area (Å²) in [6, 6.07) is 6.93. The first-order valence-corrected chi connectivity index (χ1v) is 11.1. The fraction of sp³-hybridized carbons (Fsp3) is 0.565. The lowest BCUT2D eigenvalue weighted by Crippen LogP contribution is -2.47. The number of carbonyl (C=O) groups excluding carboxylic acids is 4. The molecule has 0 radical (unpaired) electrons. The molecular formula is C23H30ClN3O4. The zero-order valence-corrected chi connectivity index (χ0v) is 19.2. The van der Waals surface area contributed by atoms with Gasteiger partial charge in [-0.2, -0.15) is 0 Å². The van der Waals surface area contributed by atoms with Crippen LogP contribution in [0, 0.1) is 5.92 Å². The van der Waals surface area contributed by atoms with Gasteiger partial charge in [0.2, 0.25) is 17.7 Å². The van der Waals surface area contributed by atoms with E-state index in [0.29, 0.717) is 30.2 Å². The number of likely N-dealkylation sites (N-methyl/N-ethyl adjacent to an activating group) is 1. The third-order valence-corrected chi connectivity index (χ3v) is 6.70. The predicted molar refractivity (Wildman–Crippen MR) is 118 cm³/mol. The molecule has 2 aliphatic heterocycles. The van der Waals surface area contributed by atoms with Crippen molar-refractivity contribution < 1.29 is 19.2 Å². The van der Waals surface area contributed by atoms with Crippen LogP contribution in [0.1, 0.15) is 38.2 Å². The summed E-state index contributed by atoms with van der Waals surface area (Å²) in [6.07, 6.45) is 1.30. The Balaban J connectivity index is 1.92. The number of rotatable bonds is 7. The van der Waals surface area contributed by atoms with E-state index in [-0.39, 0.29) is 48.8 Å². The largest absolute Gasteiger partial charge is 0.342 e. The summed E-state index contributed by atoms with van der Waals surface area (Å²) < 4.78 is 0. The molecule has 168 valence electrons. The number of hydrogen-bond acceptors (Lipinski definition) is 5. The lowest BCUT2D eigenvalue weighted by molar-refractivity contribution is -0.143. The van der Waals surface area contributed by atoms with Gasteiger partial charge in [-0.25, -0.2) is 0 Å². The summed E-state index contributed by atoms with van der Waals surface area (Å²) in [6.45, 7) is 3.26. The van der Waals surface area contributed by atoms with Crippen LogP contribution < -0.4 is 0 Å². The lowest BCUT2D eigenvalue weighted by Gasteiger charge is -2.35. The summed E-state index contributed by atoms with van der Waals surface area (Å²) in [4.78, 5) is 56.4. The van der Waals surface area contributed by atoms with Crippen molar-refractivity contribution in [3.63, 3.8) is 0 Å². The van der Waals surface area contributed by atoms with Crippen LogP contribution in [0.25, 0.3) is 0 Å². The van der Waals surface area contributed by atoms with Gasteiger partial charge in [-0.15, -0.1) is 0 Å². The van der Waals surface area contributed by atoms with Gasteiger partial charge < -0.3 is 9.80 Å². The minimum atomic E-state index is -1.32. The zero-order valence-electron chi connectivity index (χ0n) is 18.4. The normalized spacial score (nSPS) is 24.2. The number of piperidine rings is 1. The van der Waals surface area contributed by atoms with Gasteiger partial charge in [-0.05, 0) is 45.5 Å². The minimum Gasteiger partial charge on any atom is -0.342 e. The van der Waals surface area contributed by atoms with Gasteiger partial charge in [-0.1, -0.05) is 29.8 Å². The number of ketones is 1. The summed E-state index contributed by atoms with van der Waals surface area (Å²) >= 11 is 6.46. The number of halogens is 1. The van der Waals surface area contributed by atoms with Crippen molar-refractivity contribution in [3.8, 4) is 0 Å². The van der Waals surface area contributed by atoms with E-state index in [1.165, 1.54) is 4.90 Å². The molecule has 2 fully saturated rings. The van der Waals surface area contributed by atoms with Crippen LogP contribution >= 0.6 is 11.6 Å². The molecule has 2 saturated heterocycles. The molecule has 1 aromatic carbocycles. The van der Waals surface area contributed by atoms with Crippen LogP contribution in [0.15, 0.2) is 24.3 Å². The molecule has 0 N–H and O–H groups in total. The first-order valence-electron chi connectivity index (χ1n) is 10.7. The van der Waals surface area contributed by atoms with E-state index in [0.717, 1.165) is 12.8 Å². The number of amides is 3. The van der Waals surface area contributed by atoms with Crippen molar-refractivity contribution in [1.29, 1.82) is 0 Å². The lowest BCUT2D eigenvalue weighted by atomic mass is 9.75. The van der Waals surface area contributed by atoms with Crippen molar-refractivity contribution in [2.45, 2.75) is 38.0 Å². The Labute approximate surface area is 188 Å². The second kappa shape index (κ2) is 9.49. The molecule has 7 nitrogen and oxygen atoms in total. The average Bonchev–Trinajstić information content (AvgIpc) is 2.96. The number of benzene rings is 1. The summed E-state index contributed by atoms with van der Waals surface area (Å²) in [7, 11) is 3.75. The fourth-order valence-corrected chi connectivity index (χ4v) is 4.84. The van der Waals surface area contributed by atoms with E-state index in [9.17, 15) is 19.2 Å². The minimum absolute atomic E-state index is 0.0697. The molecule has 1 aromatic rings. The first-order chi connectivity index (χ1) is 14.7. The van der Waals surface area contributed by atoms with Crippen molar-refractivity contribution in [2.75, 3.05) is 40.3 Å². The van der Waals surface area contributed by atoms with E-state index < -0.39 is 5.41 Å². The maximum atomic E-state index is 13.6. The standard InChI is InChI=1S/C23H30ClN3O4/c1-16(28)17-7-6-10-26(15-17)20(29)13-23(18-8-4-5-9-19(18)24)14-21(30)27(22(23)31)12-11-25(2)3/h4-5,8-9,17H,6-7,10-15H2,1-3H3. The molecule has 2 aliphatic rings. The summed E-state index contributed by atoms with van der Waals surface area (Å²) in [5.41, 5.74) is -0.807.